The normalized spacial score (nSPS) is 10.2. The first-order valence-electron chi connectivity index (χ1n) is 8.03. The highest BCUT2D eigenvalue weighted by molar-refractivity contribution is 6.39. The van der Waals surface area contributed by atoms with E-state index < -0.39 is 17.8 Å². The molecule has 2 aromatic rings. The second-order valence-electron chi connectivity index (χ2n) is 5.33. The van der Waals surface area contributed by atoms with Crippen LogP contribution in [-0.4, -0.2) is 45.3 Å². The largest absolute Gasteiger partial charge is 0.497 e. The van der Waals surface area contributed by atoms with E-state index in [0.717, 1.165) is 0 Å². The van der Waals surface area contributed by atoms with Crippen LogP contribution in [0.4, 0.5) is 5.69 Å². The monoisotopic (exact) mass is 385 g/mol. The molecule has 0 fully saturated rings. The standard InChI is InChI=1S/C19H19N3O6/c1-26-14-8-9-16(27-2)15(10-14)21-17(23)18(24)22-20-11-12-4-6-13(7-5-12)19(25)28-3/h4-11H,1-3H3,(H,21,23)(H,22,24)/b20-11-. The first-order valence-corrected chi connectivity index (χ1v) is 8.03. The number of carbonyl (C=O) groups is 3. The van der Waals surface area contributed by atoms with Gasteiger partial charge in [0.15, 0.2) is 0 Å². The number of benzene rings is 2. The van der Waals surface area contributed by atoms with Gasteiger partial charge in [0.25, 0.3) is 0 Å². The zero-order valence-corrected chi connectivity index (χ0v) is 15.5. The molecule has 2 aromatic carbocycles. The fourth-order valence-electron chi connectivity index (χ4n) is 2.13. The van der Waals surface area contributed by atoms with Crippen molar-refractivity contribution in [1.29, 1.82) is 0 Å². The van der Waals surface area contributed by atoms with Crippen molar-refractivity contribution < 1.29 is 28.6 Å². The van der Waals surface area contributed by atoms with E-state index in [0.29, 0.717) is 22.6 Å². The summed E-state index contributed by atoms with van der Waals surface area (Å²) in [6, 6.07) is 11.1. The Morgan fingerprint density at radius 1 is 0.929 bits per heavy atom. The summed E-state index contributed by atoms with van der Waals surface area (Å²) in [6.07, 6.45) is 1.33. The second kappa shape index (κ2) is 9.72. The first kappa shape index (κ1) is 20.4. The SMILES string of the molecule is COC(=O)c1ccc(/C=N\NC(=O)C(=O)Nc2cc(OC)ccc2OC)cc1. The van der Waals surface area contributed by atoms with Crippen LogP contribution in [0.5, 0.6) is 11.5 Å². The highest BCUT2D eigenvalue weighted by Gasteiger charge is 2.16. The van der Waals surface area contributed by atoms with Crippen molar-refractivity contribution in [2.45, 2.75) is 0 Å². The minimum atomic E-state index is -0.965. The lowest BCUT2D eigenvalue weighted by Crippen LogP contribution is -2.32. The highest BCUT2D eigenvalue weighted by atomic mass is 16.5. The summed E-state index contributed by atoms with van der Waals surface area (Å²) in [5.41, 5.74) is 3.40. The number of esters is 1. The van der Waals surface area contributed by atoms with Crippen LogP contribution < -0.4 is 20.2 Å². The number of hydrazone groups is 1. The van der Waals surface area contributed by atoms with Gasteiger partial charge < -0.3 is 19.5 Å². The van der Waals surface area contributed by atoms with Gasteiger partial charge in [0.1, 0.15) is 11.5 Å². The number of hydrogen-bond donors (Lipinski definition) is 2. The molecule has 0 saturated heterocycles. The summed E-state index contributed by atoms with van der Waals surface area (Å²) in [7, 11) is 4.21. The van der Waals surface area contributed by atoms with Crippen molar-refractivity contribution in [3.05, 3.63) is 53.6 Å². The molecule has 9 nitrogen and oxygen atoms in total. The van der Waals surface area contributed by atoms with Crippen molar-refractivity contribution in [3.8, 4) is 11.5 Å². The molecule has 0 spiro atoms. The van der Waals surface area contributed by atoms with E-state index in [1.165, 1.54) is 33.6 Å². The van der Waals surface area contributed by atoms with Crippen molar-refractivity contribution >= 4 is 29.7 Å². The van der Waals surface area contributed by atoms with Gasteiger partial charge in [-0.1, -0.05) is 12.1 Å². The lowest BCUT2D eigenvalue weighted by molar-refractivity contribution is -0.136. The highest BCUT2D eigenvalue weighted by Crippen LogP contribution is 2.28. The summed E-state index contributed by atoms with van der Waals surface area (Å²) in [5.74, 6) is -1.49. The van der Waals surface area contributed by atoms with E-state index in [9.17, 15) is 14.4 Å². The Hall–Kier alpha value is -3.88. The minimum absolute atomic E-state index is 0.282. The van der Waals surface area contributed by atoms with E-state index in [1.54, 1.807) is 36.4 Å². The van der Waals surface area contributed by atoms with Crippen LogP contribution in [0, 0.1) is 0 Å². The van der Waals surface area contributed by atoms with E-state index >= 15 is 0 Å². The van der Waals surface area contributed by atoms with Crippen molar-refractivity contribution in [1.82, 2.24) is 5.43 Å². The van der Waals surface area contributed by atoms with Crippen molar-refractivity contribution in [2.75, 3.05) is 26.6 Å². The molecule has 0 heterocycles. The molecule has 0 bridgehead atoms. The number of amides is 2. The second-order valence-corrected chi connectivity index (χ2v) is 5.33. The van der Waals surface area contributed by atoms with Crippen molar-refractivity contribution in [3.63, 3.8) is 0 Å². The summed E-state index contributed by atoms with van der Waals surface area (Å²) in [4.78, 5) is 35.3. The predicted molar refractivity (Wildman–Crippen MR) is 102 cm³/mol. The number of ether oxygens (including phenoxy) is 3. The van der Waals surface area contributed by atoms with E-state index in [4.69, 9.17) is 9.47 Å². The Bertz CT molecular complexity index is 893. The molecule has 2 rings (SSSR count). The Labute approximate surface area is 161 Å². The molecule has 0 atom stereocenters. The predicted octanol–water partition coefficient (Wildman–Crippen LogP) is 1.58. The van der Waals surface area contributed by atoms with Gasteiger partial charge in [0.05, 0.1) is 38.8 Å². The number of nitrogens with zero attached hydrogens (tertiary/aromatic N) is 1. The number of nitrogens with one attached hydrogen (secondary N) is 2. The van der Waals surface area contributed by atoms with Gasteiger partial charge in [-0.05, 0) is 29.8 Å². The Morgan fingerprint density at radius 3 is 2.25 bits per heavy atom. The quantitative estimate of drug-likeness (QED) is 0.338. The Kier molecular flexibility index (Phi) is 7.09. The molecule has 0 radical (unpaired) electrons. The number of hydrogen-bond acceptors (Lipinski definition) is 7. The van der Waals surface area contributed by atoms with Crippen LogP contribution in [0.1, 0.15) is 15.9 Å². The molecule has 2 amide bonds. The molecule has 146 valence electrons. The fraction of sp³-hybridized carbons (Fsp3) is 0.158. The van der Waals surface area contributed by atoms with E-state index in [1.807, 2.05) is 0 Å². The molecule has 0 aliphatic carbocycles. The molecular weight excluding hydrogens is 366 g/mol. The molecule has 0 aliphatic heterocycles. The number of rotatable bonds is 6. The van der Waals surface area contributed by atoms with Crippen LogP contribution in [0.15, 0.2) is 47.6 Å². The summed E-state index contributed by atoms with van der Waals surface area (Å²) < 4.78 is 14.8. The van der Waals surface area contributed by atoms with Crippen LogP contribution in [-0.2, 0) is 14.3 Å². The summed E-state index contributed by atoms with van der Waals surface area (Å²) in [6.45, 7) is 0. The van der Waals surface area contributed by atoms with Gasteiger partial charge in [0, 0.05) is 6.07 Å². The van der Waals surface area contributed by atoms with Gasteiger partial charge >= 0.3 is 17.8 Å². The third-order valence-electron chi connectivity index (χ3n) is 3.57. The van der Waals surface area contributed by atoms with Crippen LogP contribution in [0.3, 0.4) is 0 Å². The Balaban J connectivity index is 1.96. The van der Waals surface area contributed by atoms with Crippen LogP contribution in [0.2, 0.25) is 0 Å². The lowest BCUT2D eigenvalue weighted by Gasteiger charge is -2.11. The molecule has 0 saturated carbocycles. The molecule has 0 unspecified atom stereocenters. The van der Waals surface area contributed by atoms with Crippen LogP contribution >= 0.6 is 0 Å². The van der Waals surface area contributed by atoms with Gasteiger partial charge in [-0.15, -0.1) is 0 Å². The maximum absolute atomic E-state index is 12.0. The third-order valence-corrected chi connectivity index (χ3v) is 3.57. The number of carbonyl (C=O) groups excluding carboxylic acids is 3. The van der Waals surface area contributed by atoms with Gasteiger partial charge in [0.2, 0.25) is 0 Å². The zero-order chi connectivity index (χ0) is 20.5. The zero-order valence-electron chi connectivity index (χ0n) is 15.5. The maximum Gasteiger partial charge on any atom is 0.337 e. The van der Waals surface area contributed by atoms with Crippen LogP contribution in [0.25, 0.3) is 0 Å². The van der Waals surface area contributed by atoms with Crippen molar-refractivity contribution in [2.24, 2.45) is 5.10 Å². The smallest absolute Gasteiger partial charge is 0.337 e. The average molecular weight is 385 g/mol. The molecule has 28 heavy (non-hydrogen) atoms. The lowest BCUT2D eigenvalue weighted by atomic mass is 10.1. The third kappa shape index (κ3) is 5.31. The van der Waals surface area contributed by atoms with Gasteiger partial charge in [-0.25, -0.2) is 10.2 Å². The average Bonchev–Trinajstić information content (AvgIpc) is 2.73. The summed E-state index contributed by atoms with van der Waals surface area (Å²) in [5, 5.41) is 6.15. The number of methoxy groups -OCH3 is 3. The topological polar surface area (TPSA) is 115 Å². The van der Waals surface area contributed by atoms with E-state index in [-0.39, 0.29) is 5.69 Å². The molecule has 0 aliphatic rings. The first-order chi connectivity index (χ1) is 13.5. The van der Waals surface area contributed by atoms with E-state index in [2.05, 4.69) is 20.6 Å². The molecule has 0 aromatic heterocycles. The number of anilines is 1. The van der Waals surface area contributed by atoms with Gasteiger partial charge in [-0.2, -0.15) is 5.10 Å². The minimum Gasteiger partial charge on any atom is -0.497 e. The Morgan fingerprint density at radius 2 is 1.64 bits per heavy atom. The summed E-state index contributed by atoms with van der Waals surface area (Å²) >= 11 is 0. The van der Waals surface area contributed by atoms with Gasteiger partial charge in [-0.3, -0.25) is 9.59 Å². The molecule has 9 heteroatoms. The fourth-order valence-corrected chi connectivity index (χ4v) is 2.13. The maximum atomic E-state index is 12.0. The molecular formula is C19H19N3O6. The molecule has 2 N–H and O–H groups in total.